The summed E-state index contributed by atoms with van der Waals surface area (Å²) in [4.78, 5) is 0. The highest BCUT2D eigenvalue weighted by Gasteiger charge is 2.13. The first kappa shape index (κ1) is 88.3. The van der Waals surface area contributed by atoms with Crippen LogP contribution in [0.1, 0.15) is 576 Å². The van der Waals surface area contributed by atoms with Crippen LogP contribution in [0.4, 0.5) is 0 Å². The molecule has 109 heavy (non-hydrogen) atoms. The van der Waals surface area contributed by atoms with Gasteiger partial charge in [-0.05, 0) is 272 Å². The van der Waals surface area contributed by atoms with Gasteiger partial charge in [0.1, 0.15) is 0 Å². The number of hydrogen-bond donors (Lipinski definition) is 0. The molecule has 0 amide bonds. The molecule has 0 aromatic rings. The number of hydrogen-bond acceptors (Lipinski definition) is 0. The Kier molecular flexibility index (Phi) is 77.1. The van der Waals surface area contributed by atoms with E-state index in [4.69, 9.17) is 37.0 Å². The van der Waals surface area contributed by atoms with E-state index in [0.717, 1.165) is 90.3 Å². The third kappa shape index (κ3) is 306. The fourth-order valence-corrected chi connectivity index (χ4v) is 12.4. The Morgan fingerprint density at radius 2 is 0.294 bits per heavy atom. The fourth-order valence-electron chi connectivity index (χ4n) is 12.4. The van der Waals surface area contributed by atoms with Gasteiger partial charge in [0.15, 0.2) is 0 Å². The van der Waals surface area contributed by atoms with Crippen molar-refractivity contribution in [2.75, 3.05) is 0 Å². The van der Waals surface area contributed by atoms with Crippen LogP contribution in [-0.4, -0.2) is 0 Å². The van der Waals surface area contributed by atoms with Crippen LogP contribution >= 0.6 is 0 Å². The van der Waals surface area contributed by atoms with E-state index in [9.17, 15) is 0 Å². The molecule has 0 aliphatic heterocycles. The molecule has 0 saturated heterocycles. The summed E-state index contributed by atoms with van der Waals surface area (Å²) in [6, 6.07) is 0. The molecule has 686 valence electrons. The Morgan fingerprint density at radius 1 is 0.165 bits per heavy atom. The van der Waals surface area contributed by atoms with Crippen LogP contribution in [0.15, 0.2) is 0 Å². The van der Waals surface area contributed by atoms with Gasteiger partial charge < -0.3 is 0 Å². The molecule has 0 fully saturated rings. The first-order chi connectivity index (χ1) is 58.2. The molecule has 0 bridgehead atoms. The van der Waals surface area contributed by atoms with Gasteiger partial charge in [0, 0.05) is 37.0 Å². The SMILES string of the molecule is C.CC(C)CC(C)(C)C.CC(C)CC(C)(C)C.CC(C)CC(C)(C)C.CC(C)CC(C)C.CC(C)CC(C)C.CC(C)CC(C)C.CC(C)CC(C)C.CC(C)CC(C)C.[2H]C(C)(C)C([2H])([2H])C(C)C.[2H]C([2H])(C(C)C)C(C)C.[2H]C([2H])(C(C)C)C(C)C.[2H]C([2H])(C(C)C)C(C)C.[2H]C([2H])([2H])C(C)CC(C)C.[2H]C([2H])([2H])C([2H])(C([2H])([2H])[2H])C([2H])([2H])C(C)C.[2H]C([2H])([2H])C([2H])(C)C([2H])([2H])C(C)C. The van der Waals surface area contributed by atoms with Gasteiger partial charge in [-0.1, -0.05) is 443 Å². The van der Waals surface area contributed by atoms with Crippen LogP contribution in [0.25, 0.3) is 0 Å². The van der Waals surface area contributed by atoms with Gasteiger partial charge in [-0.15, -0.1) is 0 Å². The third-order valence-corrected chi connectivity index (χ3v) is 12.1. The number of rotatable bonds is 27. The second-order valence-electron chi connectivity index (χ2n) is 43.4. The van der Waals surface area contributed by atoms with E-state index in [0.29, 0.717) is 22.2 Å². The maximum atomic E-state index is 7.66. The van der Waals surface area contributed by atoms with Gasteiger partial charge in [0.2, 0.25) is 0 Å². The zero-order valence-corrected chi connectivity index (χ0v) is 87.2. The van der Waals surface area contributed by atoms with E-state index in [1.807, 2.05) is 96.9 Å². The Hall–Kier alpha value is 0. The fraction of sp³-hybridized carbons (Fsp3) is 1.00. The van der Waals surface area contributed by atoms with Crippen molar-refractivity contribution in [1.82, 2.24) is 0 Å². The predicted octanol–water partition coefficient (Wildman–Crippen LogP) is 42.1. The first-order valence-electron chi connectivity index (χ1n) is 58.2. The second-order valence-corrected chi connectivity index (χ2v) is 43.4. The third-order valence-electron chi connectivity index (χ3n) is 12.1. The molecule has 0 rings (SSSR count). The Bertz CT molecular complexity index is 2330. The monoisotopic (exact) mass is 1590 g/mol. The van der Waals surface area contributed by atoms with E-state index < -0.39 is 95.2 Å². The molecule has 0 aromatic carbocycles. The maximum Gasteiger partial charge on any atom is 0.0297 e. The van der Waals surface area contributed by atoms with Crippen molar-refractivity contribution in [2.45, 2.75) is 539 Å². The molecule has 0 heteroatoms. The summed E-state index contributed by atoms with van der Waals surface area (Å²) in [7, 11) is 0. The van der Waals surface area contributed by atoms with Crippen molar-refractivity contribution in [3.05, 3.63) is 0 Å². The maximum absolute atomic E-state index is 7.66. The minimum absolute atomic E-state index is 0. The lowest BCUT2D eigenvalue weighted by molar-refractivity contribution is 0.320. The zero-order valence-electron chi connectivity index (χ0n) is 114. The minimum Gasteiger partial charge on any atom is -0.0776 e. The van der Waals surface area contributed by atoms with Crippen molar-refractivity contribution in [3.8, 4) is 0 Å². The minimum atomic E-state index is -3.22. The summed E-state index contributed by atoms with van der Waals surface area (Å²) in [5, 5.41) is 0. The standard InChI is InChI=1S/3C8H18.12C7H16.CH4/c3*1-7(2)6-8(3,4)5;12*1-6(2)5-7(3)4;/h3*7H,6H2,1-5H3;12*6-7H,5H2,1-4H3;1H4/i;;;1D3,2D3,5D2,6D;1D3,5D2,6D;5D2,6D;3*5D2;1D3;;;;;;. The van der Waals surface area contributed by atoms with Crippen molar-refractivity contribution >= 4 is 0 Å². The second kappa shape index (κ2) is 95.1. The van der Waals surface area contributed by atoms with Crippen LogP contribution in [0.3, 0.4) is 0 Å². The molecular formula is C109H250. The average molecular weight is 1590 g/mol. The highest BCUT2D eigenvalue weighted by Crippen LogP contribution is 2.25. The lowest BCUT2D eigenvalue weighted by Crippen LogP contribution is -2.08. The average Bonchev–Trinajstić information content (AvgIpc) is 0.726. The van der Waals surface area contributed by atoms with Crippen LogP contribution in [0.5, 0.6) is 0 Å². The van der Waals surface area contributed by atoms with Gasteiger partial charge in [-0.3, -0.25) is 0 Å². The summed E-state index contributed by atoms with van der Waals surface area (Å²) >= 11 is 0. The van der Waals surface area contributed by atoms with Crippen LogP contribution < -0.4 is 0 Å². The van der Waals surface area contributed by atoms with Gasteiger partial charge in [-0.2, -0.15) is 0 Å². The van der Waals surface area contributed by atoms with E-state index in [1.54, 1.807) is 48.5 Å². The zero-order chi connectivity index (χ0) is 114. The summed E-state index contributed by atoms with van der Waals surface area (Å²) in [5.74, 6) is 4.68. The smallest absolute Gasteiger partial charge is 0.0297 e. The van der Waals surface area contributed by atoms with Crippen molar-refractivity contribution in [1.29, 1.82) is 0 Å². The van der Waals surface area contributed by atoms with E-state index in [2.05, 4.69) is 242 Å². The van der Waals surface area contributed by atoms with Crippen molar-refractivity contribution < 1.29 is 37.0 Å². The summed E-state index contributed by atoms with van der Waals surface area (Å²) in [5.41, 5.74) is 1.57. The molecule has 0 saturated carbocycles. The normalized spacial score (nSPS) is 17.3. The Labute approximate surface area is 749 Å². The summed E-state index contributed by atoms with van der Waals surface area (Å²) < 4.78 is 198. The van der Waals surface area contributed by atoms with E-state index >= 15 is 0 Å². The molecule has 2 atom stereocenters. The molecule has 0 heterocycles. The lowest BCUT2D eigenvalue weighted by atomic mass is 9.86. The quantitative estimate of drug-likeness (QED) is 0.0769. The predicted molar refractivity (Wildman–Crippen MR) is 535 cm³/mol. The Morgan fingerprint density at radius 3 is 0.321 bits per heavy atom. The molecular weight excluding hydrogens is 1310 g/mol. The van der Waals surface area contributed by atoms with Gasteiger partial charge >= 0.3 is 0 Å². The summed E-state index contributed by atoms with van der Waals surface area (Å²) in [6.07, 6.45) is 2.53. The van der Waals surface area contributed by atoms with Crippen molar-refractivity contribution in [2.24, 2.45) is 176 Å². The van der Waals surface area contributed by atoms with Crippen LogP contribution in [-0.2, 0) is 0 Å². The molecule has 0 N–H and O–H groups in total. The molecule has 0 aromatic heterocycles. The molecule has 0 radical (unpaired) electrons. The molecule has 0 spiro atoms. The molecule has 2 unspecified atom stereocenters. The molecule has 0 aliphatic rings. The largest absolute Gasteiger partial charge is 0.0776 e. The van der Waals surface area contributed by atoms with Gasteiger partial charge in [0.25, 0.3) is 0 Å². The topological polar surface area (TPSA) is 0 Å². The highest BCUT2D eigenvalue weighted by atomic mass is 14.2. The van der Waals surface area contributed by atoms with E-state index in [-0.39, 0.29) is 54.8 Å². The van der Waals surface area contributed by atoms with Gasteiger partial charge in [-0.25, -0.2) is 0 Å². The highest BCUT2D eigenvalue weighted by molar-refractivity contribution is 4.65. The molecule has 0 aliphatic carbocycles. The van der Waals surface area contributed by atoms with E-state index in [1.165, 1.54) is 65.2 Å². The lowest BCUT2D eigenvalue weighted by Gasteiger charge is -2.20. The van der Waals surface area contributed by atoms with Crippen LogP contribution in [0.2, 0.25) is 0 Å². The first-order valence-corrected chi connectivity index (χ1v) is 44.7. The summed E-state index contributed by atoms with van der Waals surface area (Å²) in [6.45, 7) is 111. The van der Waals surface area contributed by atoms with Crippen molar-refractivity contribution in [3.63, 3.8) is 0 Å². The molecule has 0 nitrogen and oxygen atoms in total. The van der Waals surface area contributed by atoms with Gasteiger partial charge in [0.05, 0.1) is 0 Å². The van der Waals surface area contributed by atoms with Crippen LogP contribution in [0, 0.1) is 176 Å². The Balaban J connectivity index is -0.0000000815.